The smallest absolute Gasteiger partial charge is 0.168 e. The average Bonchev–Trinajstić information content (AvgIpc) is 2.40. The van der Waals surface area contributed by atoms with Gasteiger partial charge in [0, 0.05) is 7.11 Å². The number of carbonyl (C=O) groups excluding carboxylic acids is 1. The third-order valence-electron chi connectivity index (χ3n) is 4.21. The molecule has 19 heavy (non-hydrogen) atoms. The second kappa shape index (κ2) is 6.13. The number of rotatable bonds is 5. The summed E-state index contributed by atoms with van der Waals surface area (Å²) in [5.74, 6) is -0.0125. The Labute approximate surface area is 113 Å². The molecule has 2 aliphatic rings. The van der Waals surface area contributed by atoms with Gasteiger partial charge in [0.2, 0.25) is 0 Å². The third-order valence-corrected chi connectivity index (χ3v) is 4.21. The summed E-state index contributed by atoms with van der Waals surface area (Å²) in [6.45, 7) is 0.0834. The van der Waals surface area contributed by atoms with Gasteiger partial charge in [0.25, 0.3) is 0 Å². The molecule has 1 fully saturated rings. The Balaban J connectivity index is 2.16. The summed E-state index contributed by atoms with van der Waals surface area (Å²) in [7, 11) is 1.51. The minimum Gasteiger partial charge on any atom is -0.390 e. The first-order valence-corrected chi connectivity index (χ1v) is 6.77. The van der Waals surface area contributed by atoms with Crippen molar-refractivity contribution < 1.29 is 24.5 Å². The van der Waals surface area contributed by atoms with Crippen LogP contribution in [0.5, 0.6) is 0 Å². The van der Waals surface area contributed by atoms with Gasteiger partial charge in [-0.3, -0.25) is 4.79 Å². The van der Waals surface area contributed by atoms with Gasteiger partial charge in [0.05, 0.1) is 17.6 Å². The quantitative estimate of drug-likeness (QED) is 0.439. The molecule has 0 aliphatic heterocycles. The van der Waals surface area contributed by atoms with E-state index in [2.05, 4.69) is 0 Å². The summed E-state index contributed by atoms with van der Waals surface area (Å²) < 4.78 is 9.93. The lowest BCUT2D eigenvalue weighted by Crippen LogP contribution is -2.47. The summed E-state index contributed by atoms with van der Waals surface area (Å²) in [6, 6.07) is 0. The van der Waals surface area contributed by atoms with Crippen LogP contribution in [0.1, 0.15) is 32.1 Å². The van der Waals surface area contributed by atoms with Crippen molar-refractivity contribution in [1.29, 1.82) is 0 Å². The molecule has 0 aromatic heterocycles. The Morgan fingerprint density at radius 2 is 2.26 bits per heavy atom. The molecule has 108 valence electrons. The van der Waals surface area contributed by atoms with E-state index in [1.807, 2.05) is 0 Å². The molecule has 3 atom stereocenters. The molecule has 2 N–H and O–H groups in total. The number of aliphatic hydroxyl groups is 2. The molecule has 0 heterocycles. The van der Waals surface area contributed by atoms with Crippen molar-refractivity contribution in [2.45, 2.75) is 44.3 Å². The van der Waals surface area contributed by atoms with E-state index in [1.165, 1.54) is 7.11 Å². The van der Waals surface area contributed by atoms with Crippen LogP contribution in [-0.4, -0.2) is 48.7 Å². The Hall–Kier alpha value is -0.750. The lowest BCUT2D eigenvalue weighted by Gasteiger charge is -2.43. The van der Waals surface area contributed by atoms with Crippen LogP contribution >= 0.6 is 0 Å². The fourth-order valence-corrected chi connectivity index (χ4v) is 3.20. The fourth-order valence-electron chi connectivity index (χ4n) is 3.20. The maximum absolute atomic E-state index is 12.5. The molecule has 2 rings (SSSR count). The number of ether oxygens (including phenoxy) is 2. The van der Waals surface area contributed by atoms with Crippen molar-refractivity contribution >= 4 is 5.78 Å². The SMILES string of the molecule is COCOCC(=O)[C@@]12CCCCC1=CC(O)C(O)C2. The highest BCUT2D eigenvalue weighted by Crippen LogP contribution is 2.48. The molecular weight excluding hydrogens is 248 g/mol. The molecule has 0 aromatic rings. The van der Waals surface area contributed by atoms with Gasteiger partial charge >= 0.3 is 0 Å². The monoisotopic (exact) mass is 270 g/mol. The van der Waals surface area contributed by atoms with Crippen LogP contribution in [0.4, 0.5) is 0 Å². The number of hydrogen-bond donors (Lipinski definition) is 2. The highest BCUT2D eigenvalue weighted by atomic mass is 16.7. The van der Waals surface area contributed by atoms with Crippen LogP contribution < -0.4 is 0 Å². The van der Waals surface area contributed by atoms with Crippen LogP contribution in [0, 0.1) is 5.41 Å². The van der Waals surface area contributed by atoms with Gasteiger partial charge in [-0.05, 0) is 25.7 Å². The summed E-state index contributed by atoms with van der Waals surface area (Å²) in [5, 5.41) is 19.6. The number of Topliss-reactive ketones (excluding diaryl/α,β-unsaturated/α-hetero) is 1. The molecule has 5 heteroatoms. The van der Waals surface area contributed by atoms with E-state index in [4.69, 9.17) is 9.47 Å². The Morgan fingerprint density at radius 1 is 1.47 bits per heavy atom. The largest absolute Gasteiger partial charge is 0.390 e. The van der Waals surface area contributed by atoms with Gasteiger partial charge in [-0.2, -0.15) is 0 Å². The van der Waals surface area contributed by atoms with E-state index in [9.17, 15) is 15.0 Å². The first-order chi connectivity index (χ1) is 9.10. The molecule has 5 nitrogen and oxygen atoms in total. The molecule has 0 spiro atoms. The number of fused-ring (bicyclic) bond motifs is 1. The van der Waals surface area contributed by atoms with Crippen molar-refractivity contribution in [2.75, 3.05) is 20.5 Å². The van der Waals surface area contributed by atoms with E-state index < -0.39 is 17.6 Å². The zero-order valence-corrected chi connectivity index (χ0v) is 11.3. The molecule has 0 aromatic carbocycles. The lowest BCUT2D eigenvalue weighted by atomic mass is 9.61. The van der Waals surface area contributed by atoms with Crippen LogP contribution in [0.2, 0.25) is 0 Å². The zero-order chi connectivity index (χ0) is 13.9. The van der Waals surface area contributed by atoms with Gasteiger partial charge in [-0.15, -0.1) is 0 Å². The van der Waals surface area contributed by atoms with E-state index in [-0.39, 0.29) is 19.2 Å². The normalized spacial score (nSPS) is 34.6. The Morgan fingerprint density at radius 3 is 3.00 bits per heavy atom. The van der Waals surface area contributed by atoms with Crippen LogP contribution in [0.25, 0.3) is 0 Å². The maximum Gasteiger partial charge on any atom is 0.168 e. The molecule has 0 radical (unpaired) electrons. The van der Waals surface area contributed by atoms with E-state index >= 15 is 0 Å². The topological polar surface area (TPSA) is 76.0 Å². The van der Waals surface area contributed by atoms with Crippen molar-refractivity contribution in [3.05, 3.63) is 11.6 Å². The molecule has 0 saturated heterocycles. The Kier molecular flexibility index (Phi) is 4.73. The predicted molar refractivity (Wildman–Crippen MR) is 68.4 cm³/mol. The van der Waals surface area contributed by atoms with Crippen molar-refractivity contribution in [3.8, 4) is 0 Å². The third kappa shape index (κ3) is 2.89. The second-order valence-electron chi connectivity index (χ2n) is 5.42. The molecule has 0 bridgehead atoms. The first kappa shape index (κ1) is 14.7. The highest BCUT2D eigenvalue weighted by Gasteiger charge is 2.47. The zero-order valence-electron chi connectivity index (χ0n) is 11.3. The fraction of sp³-hybridized carbons (Fsp3) is 0.786. The standard InChI is InChI=1S/C14H22O5/c1-18-9-19-8-13(17)14-5-3-2-4-10(14)6-11(15)12(16)7-14/h6,11-12,15-16H,2-5,7-9H2,1H3/t11?,12?,14-/m1/s1. The van der Waals surface area contributed by atoms with E-state index in [0.29, 0.717) is 6.42 Å². The molecule has 1 saturated carbocycles. The van der Waals surface area contributed by atoms with Gasteiger partial charge < -0.3 is 19.7 Å². The van der Waals surface area contributed by atoms with Crippen molar-refractivity contribution in [2.24, 2.45) is 5.41 Å². The summed E-state index contributed by atoms with van der Waals surface area (Å²) in [5.41, 5.74) is 0.340. The number of allylic oxidation sites excluding steroid dienone is 1. The summed E-state index contributed by atoms with van der Waals surface area (Å²) in [4.78, 5) is 12.5. The van der Waals surface area contributed by atoms with Crippen molar-refractivity contribution in [1.82, 2.24) is 0 Å². The summed E-state index contributed by atoms with van der Waals surface area (Å²) >= 11 is 0. The first-order valence-electron chi connectivity index (χ1n) is 6.77. The second-order valence-corrected chi connectivity index (χ2v) is 5.42. The van der Waals surface area contributed by atoms with E-state index in [0.717, 1.165) is 31.3 Å². The van der Waals surface area contributed by atoms with Gasteiger partial charge in [0.1, 0.15) is 13.4 Å². The molecule has 2 unspecified atom stereocenters. The number of methoxy groups -OCH3 is 1. The van der Waals surface area contributed by atoms with Crippen LogP contribution in [0.15, 0.2) is 11.6 Å². The number of carbonyl (C=O) groups is 1. The Bertz CT molecular complexity index is 365. The minimum atomic E-state index is -0.867. The number of hydrogen-bond acceptors (Lipinski definition) is 5. The van der Waals surface area contributed by atoms with Crippen LogP contribution in [-0.2, 0) is 14.3 Å². The number of ketones is 1. The van der Waals surface area contributed by atoms with Crippen molar-refractivity contribution in [3.63, 3.8) is 0 Å². The van der Waals surface area contributed by atoms with Gasteiger partial charge in [-0.1, -0.05) is 18.1 Å². The molecular formula is C14H22O5. The summed E-state index contributed by atoms with van der Waals surface area (Å²) in [6.07, 6.45) is 3.80. The van der Waals surface area contributed by atoms with Gasteiger partial charge in [-0.25, -0.2) is 0 Å². The lowest BCUT2D eigenvalue weighted by molar-refractivity contribution is -0.140. The number of aliphatic hydroxyl groups excluding tert-OH is 2. The molecule has 2 aliphatic carbocycles. The highest BCUT2D eigenvalue weighted by molar-refractivity contribution is 5.89. The average molecular weight is 270 g/mol. The predicted octanol–water partition coefficient (Wildman–Crippen LogP) is 0.788. The van der Waals surface area contributed by atoms with Gasteiger partial charge in [0.15, 0.2) is 5.78 Å². The van der Waals surface area contributed by atoms with E-state index in [1.54, 1.807) is 6.08 Å². The molecule has 0 amide bonds. The maximum atomic E-state index is 12.5. The minimum absolute atomic E-state index is 0.00596. The van der Waals surface area contributed by atoms with Crippen LogP contribution in [0.3, 0.4) is 0 Å².